The van der Waals surface area contributed by atoms with Crippen molar-refractivity contribution in [1.29, 1.82) is 0 Å². The zero-order valence-corrected chi connectivity index (χ0v) is 6.73. The van der Waals surface area contributed by atoms with E-state index in [9.17, 15) is 9.59 Å². The first-order chi connectivity index (χ1) is 5.63. The van der Waals surface area contributed by atoms with Gasteiger partial charge in [0, 0.05) is 7.05 Å². The Morgan fingerprint density at radius 2 is 2.08 bits per heavy atom. The Morgan fingerprint density at radius 1 is 1.50 bits per heavy atom. The van der Waals surface area contributed by atoms with Gasteiger partial charge in [-0.3, -0.25) is 0 Å². The minimum Gasteiger partial charge on any atom is -0.465 e. The molecule has 0 aromatic carbocycles. The molecule has 1 N–H and O–H groups in total. The van der Waals surface area contributed by atoms with Gasteiger partial charge in [-0.2, -0.15) is 0 Å². The van der Waals surface area contributed by atoms with Gasteiger partial charge in [0.15, 0.2) is 0 Å². The van der Waals surface area contributed by atoms with Crippen molar-refractivity contribution in [3.63, 3.8) is 0 Å². The van der Waals surface area contributed by atoms with Crippen molar-refractivity contribution in [2.75, 3.05) is 7.05 Å². The van der Waals surface area contributed by atoms with Crippen LogP contribution in [0.1, 0.15) is 12.8 Å². The Bertz CT molecular complexity index is 253. The fraction of sp³-hybridized carbons (Fsp3) is 0.714. The van der Waals surface area contributed by atoms with Crippen LogP contribution in [-0.2, 0) is 0 Å². The molecule has 3 amide bonds. The van der Waals surface area contributed by atoms with Crippen molar-refractivity contribution in [3.8, 4) is 0 Å². The van der Waals surface area contributed by atoms with Crippen molar-refractivity contribution >= 4 is 12.1 Å². The minimum atomic E-state index is -1.13. The lowest BCUT2D eigenvalue weighted by atomic mass is 9.87. The monoisotopic (exact) mass is 170 g/mol. The lowest BCUT2D eigenvalue weighted by Gasteiger charge is -2.33. The number of carboxylic acid groups (broad SMARTS) is 1. The van der Waals surface area contributed by atoms with E-state index in [2.05, 4.69) is 0 Å². The van der Waals surface area contributed by atoms with Gasteiger partial charge >= 0.3 is 12.1 Å². The average Bonchev–Trinajstić information content (AvgIpc) is 2.08. The Hall–Kier alpha value is -1.26. The van der Waals surface area contributed by atoms with Crippen molar-refractivity contribution in [1.82, 2.24) is 9.80 Å². The van der Waals surface area contributed by atoms with Gasteiger partial charge in [-0.05, 0) is 12.8 Å². The van der Waals surface area contributed by atoms with Crippen LogP contribution in [-0.4, -0.2) is 46.2 Å². The predicted molar refractivity (Wildman–Crippen MR) is 39.8 cm³/mol. The highest BCUT2D eigenvalue weighted by atomic mass is 16.4. The van der Waals surface area contributed by atoms with E-state index in [-0.39, 0.29) is 18.1 Å². The van der Waals surface area contributed by atoms with Crippen molar-refractivity contribution in [3.05, 3.63) is 0 Å². The summed E-state index contributed by atoms with van der Waals surface area (Å²) in [6.45, 7) is 0. The molecular formula is C7H10N2O3. The number of amides is 3. The summed E-state index contributed by atoms with van der Waals surface area (Å²) < 4.78 is 0. The number of carbonyl (C=O) groups is 2. The second-order valence-electron chi connectivity index (χ2n) is 3.26. The van der Waals surface area contributed by atoms with Gasteiger partial charge in [-0.1, -0.05) is 0 Å². The molecule has 5 nitrogen and oxygen atoms in total. The Kier molecular flexibility index (Phi) is 1.31. The summed E-state index contributed by atoms with van der Waals surface area (Å²) >= 11 is 0. The van der Waals surface area contributed by atoms with Gasteiger partial charge in [0.1, 0.15) is 0 Å². The Balaban J connectivity index is 2.25. The highest BCUT2D eigenvalue weighted by Gasteiger charge is 2.52. The summed E-state index contributed by atoms with van der Waals surface area (Å²) in [4.78, 5) is 24.4. The number of imide groups is 1. The molecule has 0 aromatic heterocycles. The number of carbonyl (C=O) groups excluding carboxylic acids is 1. The van der Waals surface area contributed by atoms with Crippen LogP contribution >= 0.6 is 0 Å². The first kappa shape index (κ1) is 7.39. The van der Waals surface area contributed by atoms with E-state index < -0.39 is 6.09 Å². The lowest BCUT2D eigenvalue weighted by Crippen LogP contribution is -2.46. The maximum atomic E-state index is 11.3. The van der Waals surface area contributed by atoms with E-state index in [1.807, 2.05) is 0 Å². The SMILES string of the molecule is CN1C(=O)N(C(=O)O)C2CCC21. The number of rotatable bonds is 0. The smallest absolute Gasteiger partial charge is 0.415 e. The molecule has 0 bridgehead atoms. The van der Waals surface area contributed by atoms with Crippen LogP contribution in [0.2, 0.25) is 0 Å². The summed E-state index contributed by atoms with van der Waals surface area (Å²) in [7, 11) is 1.65. The molecule has 0 spiro atoms. The second-order valence-corrected chi connectivity index (χ2v) is 3.26. The van der Waals surface area contributed by atoms with Crippen LogP contribution in [0.25, 0.3) is 0 Å². The van der Waals surface area contributed by atoms with Gasteiger partial charge in [-0.25, -0.2) is 14.5 Å². The number of hydrogen-bond acceptors (Lipinski definition) is 2. The topological polar surface area (TPSA) is 60.9 Å². The Labute approximate surface area is 69.6 Å². The molecule has 2 fully saturated rings. The van der Waals surface area contributed by atoms with E-state index in [4.69, 9.17) is 5.11 Å². The maximum Gasteiger partial charge on any atom is 0.415 e. The zero-order chi connectivity index (χ0) is 8.88. The molecule has 1 heterocycles. The van der Waals surface area contributed by atoms with Crippen LogP contribution in [0.3, 0.4) is 0 Å². The number of nitrogens with zero attached hydrogens (tertiary/aromatic N) is 2. The second kappa shape index (κ2) is 2.12. The normalized spacial score (nSPS) is 33.2. The summed E-state index contributed by atoms with van der Waals surface area (Å²) in [5, 5.41) is 8.70. The van der Waals surface area contributed by atoms with Crippen LogP contribution in [0.4, 0.5) is 9.59 Å². The van der Waals surface area contributed by atoms with Gasteiger partial charge in [0.25, 0.3) is 0 Å². The van der Waals surface area contributed by atoms with E-state index in [0.29, 0.717) is 0 Å². The number of fused-ring (bicyclic) bond motifs is 1. The van der Waals surface area contributed by atoms with Crippen molar-refractivity contribution < 1.29 is 14.7 Å². The quantitative estimate of drug-likeness (QED) is 0.578. The van der Waals surface area contributed by atoms with E-state index >= 15 is 0 Å². The first-order valence-electron chi connectivity index (χ1n) is 3.92. The molecule has 66 valence electrons. The van der Waals surface area contributed by atoms with Gasteiger partial charge in [0.05, 0.1) is 12.1 Å². The van der Waals surface area contributed by atoms with E-state index in [0.717, 1.165) is 17.7 Å². The number of urea groups is 1. The minimum absolute atomic E-state index is 0.0833. The van der Waals surface area contributed by atoms with Crippen molar-refractivity contribution in [2.45, 2.75) is 24.9 Å². The number of hydrogen-bond donors (Lipinski definition) is 1. The fourth-order valence-electron chi connectivity index (χ4n) is 1.90. The highest BCUT2D eigenvalue weighted by Crippen LogP contribution is 2.36. The summed E-state index contributed by atoms with van der Waals surface area (Å²) in [5.74, 6) is 0. The fourth-order valence-corrected chi connectivity index (χ4v) is 1.90. The van der Waals surface area contributed by atoms with Gasteiger partial charge in [-0.15, -0.1) is 0 Å². The number of likely N-dealkylation sites (N-methyl/N-ethyl adjacent to an activating group) is 1. The largest absolute Gasteiger partial charge is 0.465 e. The molecule has 2 rings (SSSR count). The van der Waals surface area contributed by atoms with E-state index in [1.165, 1.54) is 4.90 Å². The highest BCUT2D eigenvalue weighted by molar-refractivity contribution is 5.93. The molecule has 5 heteroatoms. The third kappa shape index (κ3) is 0.680. The van der Waals surface area contributed by atoms with Crippen LogP contribution in [0.15, 0.2) is 0 Å². The summed E-state index contributed by atoms with van der Waals surface area (Å²) in [6.07, 6.45) is 0.614. The molecule has 2 aliphatic rings. The molecule has 1 aliphatic carbocycles. The Morgan fingerprint density at radius 3 is 2.33 bits per heavy atom. The third-order valence-electron chi connectivity index (χ3n) is 2.75. The molecule has 0 radical (unpaired) electrons. The lowest BCUT2D eigenvalue weighted by molar-refractivity contribution is 0.126. The molecule has 1 aliphatic heterocycles. The maximum absolute atomic E-state index is 11.3. The van der Waals surface area contributed by atoms with Gasteiger partial charge in [0.2, 0.25) is 0 Å². The summed E-state index contributed by atoms with van der Waals surface area (Å²) in [5.41, 5.74) is 0. The molecule has 1 saturated carbocycles. The first-order valence-corrected chi connectivity index (χ1v) is 3.92. The van der Waals surface area contributed by atoms with E-state index in [1.54, 1.807) is 7.05 Å². The molecule has 2 atom stereocenters. The average molecular weight is 170 g/mol. The zero-order valence-electron chi connectivity index (χ0n) is 6.73. The molecule has 2 unspecified atom stereocenters. The molecule has 1 saturated heterocycles. The summed E-state index contributed by atoms with van der Waals surface area (Å²) in [6, 6.07) is -0.330. The molecular weight excluding hydrogens is 160 g/mol. The van der Waals surface area contributed by atoms with Crippen LogP contribution < -0.4 is 0 Å². The van der Waals surface area contributed by atoms with Gasteiger partial charge < -0.3 is 10.0 Å². The molecule has 0 aromatic rings. The standard InChI is InChI=1S/C7H10N2O3/c1-8-4-2-3-5(4)9(6(8)10)7(11)12/h4-5H,2-3H2,1H3,(H,11,12). The van der Waals surface area contributed by atoms with Crippen molar-refractivity contribution in [2.24, 2.45) is 0 Å². The molecule has 12 heavy (non-hydrogen) atoms. The van der Waals surface area contributed by atoms with Crippen LogP contribution in [0.5, 0.6) is 0 Å². The predicted octanol–water partition coefficient (Wildman–Crippen LogP) is 0.563. The van der Waals surface area contributed by atoms with Crippen LogP contribution in [0, 0.1) is 0 Å². The third-order valence-corrected chi connectivity index (χ3v) is 2.75.